The molecule has 98 valence electrons. The summed E-state index contributed by atoms with van der Waals surface area (Å²) < 4.78 is 0. The van der Waals surface area contributed by atoms with Crippen molar-refractivity contribution in [1.82, 2.24) is 0 Å². The van der Waals surface area contributed by atoms with E-state index in [0.717, 1.165) is 12.8 Å². The fraction of sp³-hybridized carbons (Fsp3) is 0.500. The van der Waals surface area contributed by atoms with Gasteiger partial charge in [0.2, 0.25) is 0 Å². The minimum atomic E-state index is -0.448. The molecule has 0 amide bonds. The van der Waals surface area contributed by atoms with Gasteiger partial charge >= 0.3 is 5.69 Å². The van der Waals surface area contributed by atoms with Crippen molar-refractivity contribution in [2.75, 3.05) is 24.2 Å². The monoisotopic (exact) mass is 251 g/mol. The van der Waals surface area contributed by atoms with Gasteiger partial charge < -0.3 is 15.7 Å². The van der Waals surface area contributed by atoms with Crippen molar-refractivity contribution in [3.63, 3.8) is 0 Å². The summed E-state index contributed by atoms with van der Waals surface area (Å²) >= 11 is 0. The minimum absolute atomic E-state index is 0.0418. The van der Waals surface area contributed by atoms with Crippen molar-refractivity contribution in [2.24, 2.45) is 5.92 Å². The number of hydrogen-bond acceptors (Lipinski definition) is 5. The number of nitrogens with two attached hydrogens (primary N) is 1. The average molecular weight is 251 g/mol. The van der Waals surface area contributed by atoms with Crippen molar-refractivity contribution in [3.8, 4) is 0 Å². The molecule has 0 spiro atoms. The lowest BCUT2D eigenvalue weighted by Crippen LogP contribution is -2.37. The second kappa shape index (κ2) is 4.81. The van der Waals surface area contributed by atoms with Gasteiger partial charge in [-0.15, -0.1) is 0 Å². The van der Waals surface area contributed by atoms with Gasteiger partial charge in [-0.2, -0.15) is 0 Å². The van der Waals surface area contributed by atoms with Crippen LogP contribution in [0.1, 0.15) is 12.8 Å². The van der Waals surface area contributed by atoms with E-state index in [1.54, 1.807) is 12.1 Å². The summed E-state index contributed by atoms with van der Waals surface area (Å²) in [6, 6.07) is 4.94. The number of benzene rings is 1. The second-order valence-electron chi connectivity index (χ2n) is 4.84. The van der Waals surface area contributed by atoms with E-state index < -0.39 is 4.92 Å². The molecule has 1 fully saturated rings. The molecule has 0 bridgehead atoms. The highest BCUT2D eigenvalue weighted by atomic mass is 16.6. The van der Waals surface area contributed by atoms with Crippen LogP contribution in [-0.2, 0) is 0 Å². The minimum Gasteiger partial charge on any atom is -0.393 e. The van der Waals surface area contributed by atoms with Crippen LogP contribution in [0.5, 0.6) is 0 Å². The van der Waals surface area contributed by atoms with Crippen molar-refractivity contribution in [3.05, 3.63) is 28.3 Å². The largest absolute Gasteiger partial charge is 0.393 e. The highest BCUT2D eigenvalue weighted by Gasteiger charge is 2.29. The van der Waals surface area contributed by atoms with E-state index in [1.165, 1.54) is 6.07 Å². The van der Waals surface area contributed by atoms with E-state index in [0.29, 0.717) is 18.2 Å². The molecule has 0 aromatic heterocycles. The van der Waals surface area contributed by atoms with Crippen LogP contribution in [-0.4, -0.2) is 29.7 Å². The number of aliphatic hydroxyl groups is 1. The zero-order valence-electron chi connectivity index (χ0n) is 10.2. The zero-order valence-corrected chi connectivity index (χ0v) is 10.2. The van der Waals surface area contributed by atoms with Gasteiger partial charge in [0, 0.05) is 13.6 Å². The summed E-state index contributed by atoms with van der Waals surface area (Å²) in [6.07, 6.45) is 1.32. The number of nitro benzene ring substituents is 1. The molecule has 1 aromatic carbocycles. The Balaban J connectivity index is 2.16. The number of nitrogens with zero attached hydrogens (tertiary/aromatic N) is 2. The zero-order chi connectivity index (χ0) is 13.3. The summed E-state index contributed by atoms with van der Waals surface area (Å²) in [5.74, 6) is 0.394. The van der Waals surface area contributed by atoms with E-state index in [-0.39, 0.29) is 17.5 Å². The normalized spacial score (nSPS) is 22.3. The molecule has 6 heteroatoms. The average Bonchev–Trinajstić information content (AvgIpc) is 2.26. The van der Waals surface area contributed by atoms with E-state index in [4.69, 9.17) is 5.73 Å². The lowest BCUT2D eigenvalue weighted by molar-refractivity contribution is -0.383. The molecule has 1 aromatic rings. The van der Waals surface area contributed by atoms with Crippen molar-refractivity contribution in [2.45, 2.75) is 18.9 Å². The Hall–Kier alpha value is -1.82. The number of nitro groups is 1. The Labute approximate surface area is 105 Å². The molecule has 0 saturated heterocycles. The van der Waals surface area contributed by atoms with Gasteiger partial charge in [-0.25, -0.2) is 0 Å². The molecule has 1 aliphatic carbocycles. The summed E-state index contributed by atoms with van der Waals surface area (Å²) in [4.78, 5) is 12.4. The van der Waals surface area contributed by atoms with Crippen LogP contribution in [0.2, 0.25) is 0 Å². The number of anilines is 2. The van der Waals surface area contributed by atoms with Gasteiger partial charge in [0.25, 0.3) is 0 Å². The van der Waals surface area contributed by atoms with Crippen LogP contribution in [0.4, 0.5) is 17.1 Å². The van der Waals surface area contributed by atoms with Crippen molar-refractivity contribution < 1.29 is 10.0 Å². The maximum absolute atomic E-state index is 11.0. The second-order valence-corrected chi connectivity index (χ2v) is 4.84. The lowest BCUT2D eigenvalue weighted by Gasteiger charge is -2.35. The van der Waals surface area contributed by atoms with Gasteiger partial charge in [0.05, 0.1) is 11.0 Å². The predicted octanol–water partition coefficient (Wildman–Crippen LogP) is 1.38. The summed E-state index contributed by atoms with van der Waals surface area (Å²) in [5.41, 5.74) is 6.32. The van der Waals surface area contributed by atoms with Crippen molar-refractivity contribution >= 4 is 17.1 Å². The number of hydrogen-bond donors (Lipinski definition) is 2. The fourth-order valence-electron chi connectivity index (χ4n) is 2.39. The standard InChI is InChI=1S/C12H17N3O3/c1-14(7-8-5-9(16)6-8)11-4-2-3-10(13)12(11)15(17)18/h2-4,8-9,16H,5-7,13H2,1H3. The van der Waals surface area contributed by atoms with E-state index in [9.17, 15) is 15.2 Å². The topological polar surface area (TPSA) is 92.6 Å². The van der Waals surface area contributed by atoms with Crippen LogP contribution in [0, 0.1) is 16.0 Å². The van der Waals surface area contributed by atoms with Gasteiger partial charge in [-0.1, -0.05) is 6.07 Å². The Bertz CT molecular complexity index is 458. The first-order valence-electron chi connectivity index (χ1n) is 5.91. The number of aliphatic hydroxyl groups excluding tert-OH is 1. The molecule has 18 heavy (non-hydrogen) atoms. The van der Waals surface area contributed by atoms with E-state index in [2.05, 4.69) is 0 Å². The Kier molecular flexibility index (Phi) is 3.38. The number of para-hydroxylation sites is 1. The summed E-state index contributed by atoms with van der Waals surface area (Å²) in [7, 11) is 1.81. The van der Waals surface area contributed by atoms with Crippen LogP contribution in [0.15, 0.2) is 18.2 Å². The first-order chi connectivity index (χ1) is 8.49. The molecular formula is C12H17N3O3. The lowest BCUT2D eigenvalue weighted by atomic mass is 9.82. The third-order valence-electron chi connectivity index (χ3n) is 3.38. The molecule has 3 N–H and O–H groups in total. The molecule has 0 radical (unpaired) electrons. The molecular weight excluding hydrogens is 234 g/mol. The molecule has 1 saturated carbocycles. The molecule has 2 rings (SSSR count). The molecule has 0 atom stereocenters. The highest BCUT2D eigenvalue weighted by Crippen LogP contribution is 2.35. The molecule has 0 unspecified atom stereocenters. The maximum atomic E-state index is 11.0. The van der Waals surface area contributed by atoms with Crippen LogP contribution < -0.4 is 10.6 Å². The van der Waals surface area contributed by atoms with Crippen LogP contribution >= 0.6 is 0 Å². The maximum Gasteiger partial charge on any atom is 0.315 e. The molecule has 1 aliphatic rings. The quantitative estimate of drug-likeness (QED) is 0.479. The third kappa shape index (κ3) is 2.38. The Morgan fingerprint density at radius 2 is 2.22 bits per heavy atom. The number of nitrogen functional groups attached to an aromatic ring is 1. The first kappa shape index (κ1) is 12.6. The number of rotatable bonds is 4. The molecule has 0 aliphatic heterocycles. The smallest absolute Gasteiger partial charge is 0.315 e. The van der Waals surface area contributed by atoms with Gasteiger partial charge in [-0.05, 0) is 30.9 Å². The van der Waals surface area contributed by atoms with Gasteiger partial charge in [0.1, 0.15) is 11.4 Å². The summed E-state index contributed by atoms with van der Waals surface area (Å²) in [5, 5.41) is 20.3. The van der Waals surface area contributed by atoms with Crippen LogP contribution in [0.3, 0.4) is 0 Å². The third-order valence-corrected chi connectivity index (χ3v) is 3.38. The Morgan fingerprint density at radius 3 is 2.78 bits per heavy atom. The predicted molar refractivity (Wildman–Crippen MR) is 69.5 cm³/mol. The Morgan fingerprint density at radius 1 is 1.56 bits per heavy atom. The molecule has 0 heterocycles. The summed E-state index contributed by atoms with van der Waals surface area (Å²) in [6.45, 7) is 0.696. The van der Waals surface area contributed by atoms with Gasteiger partial charge in [0.15, 0.2) is 0 Å². The first-order valence-corrected chi connectivity index (χ1v) is 5.91. The highest BCUT2D eigenvalue weighted by molar-refractivity contribution is 5.75. The fourth-order valence-corrected chi connectivity index (χ4v) is 2.39. The molecule has 6 nitrogen and oxygen atoms in total. The van der Waals surface area contributed by atoms with Crippen molar-refractivity contribution in [1.29, 1.82) is 0 Å². The SMILES string of the molecule is CN(CC1CC(O)C1)c1cccc(N)c1[N+](=O)[O-]. The van der Waals surface area contributed by atoms with Crippen LogP contribution in [0.25, 0.3) is 0 Å². The van der Waals surface area contributed by atoms with E-state index in [1.807, 2.05) is 11.9 Å². The van der Waals surface area contributed by atoms with E-state index >= 15 is 0 Å². The van der Waals surface area contributed by atoms with Gasteiger partial charge in [-0.3, -0.25) is 10.1 Å².